The van der Waals surface area contributed by atoms with Crippen molar-refractivity contribution in [1.29, 1.82) is 0 Å². The van der Waals surface area contributed by atoms with E-state index in [4.69, 9.17) is 21.1 Å². The number of carbonyl (C=O) groups excluding carboxylic acids is 1. The smallest absolute Gasteiger partial charge is 0.347 e. The Morgan fingerprint density at radius 3 is 2.39 bits per heavy atom. The summed E-state index contributed by atoms with van der Waals surface area (Å²) < 4.78 is 12.7. The minimum absolute atomic E-state index is 0.240. The van der Waals surface area contributed by atoms with Crippen LogP contribution in [0.1, 0.15) is 12.5 Å². The minimum atomic E-state index is -0.513. The van der Waals surface area contributed by atoms with Gasteiger partial charge in [-0.25, -0.2) is 9.48 Å². The van der Waals surface area contributed by atoms with Crippen LogP contribution in [0.4, 0.5) is 0 Å². The van der Waals surface area contributed by atoms with Gasteiger partial charge in [-0.2, -0.15) is 0 Å². The normalized spacial score (nSPS) is 10.7. The molecule has 0 saturated carbocycles. The molecule has 0 fully saturated rings. The highest BCUT2D eigenvalue weighted by Gasteiger charge is 2.18. The topological polar surface area (TPSA) is 75.3 Å². The van der Waals surface area contributed by atoms with Crippen LogP contribution in [0, 0.1) is 0 Å². The van der Waals surface area contributed by atoms with E-state index >= 15 is 0 Å². The molecular weight excluding hydrogens is 382 g/mol. The molecule has 1 aromatic heterocycles. The van der Waals surface area contributed by atoms with Crippen molar-refractivity contribution in [2.45, 2.75) is 20.0 Å². The Kier molecular flexibility index (Phi) is 6.16. The Morgan fingerprint density at radius 1 is 1.11 bits per heavy atom. The molecule has 1 heterocycles. The summed E-state index contributed by atoms with van der Waals surface area (Å²) in [6.07, 6.45) is 0. The van der Waals surface area contributed by atoms with E-state index in [1.54, 1.807) is 38.3 Å². The van der Waals surface area contributed by atoms with Crippen LogP contribution in [0.3, 0.4) is 0 Å². The molecule has 28 heavy (non-hydrogen) atoms. The molecule has 3 rings (SSSR count). The Hall–Kier alpha value is -3.06. The Balaban J connectivity index is 2.01. The maximum atomic E-state index is 12.9. The third-order valence-corrected chi connectivity index (χ3v) is 4.36. The van der Waals surface area contributed by atoms with Crippen LogP contribution in [0.5, 0.6) is 5.75 Å². The molecule has 8 heteroatoms. The number of esters is 1. The third kappa shape index (κ3) is 4.43. The van der Waals surface area contributed by atoms with Gasteiger partial charge in [-0.05, 0) is 48.9 Å². The van der Waals surface area contributed by atoms with Crippen LogP contribution < -0.4 is 10.4 Å². The van der Waals surface area contributed by atoms with Gasteiger partial charge in [-0.3, -0.25) is 9.36 Å². The fraction of sp³-hybridized carbons (Fsp3) is 0.250. The van der Waals surface area contributed by atoms with Gasteiger partial charge in [0.25, 0.3) is 0 Å². The summed E-state index contributed by atoms with van der Waals surface area (Å²) in [5, 5.41) is 4.94. The first-order chi connectivity index (χ1) is 13.5. The van der Waals surface area contributed by atoms with Gasteiger partial charge >= 0.3 is 11.7 Å². The van der Waals surface area contributed by atoms with E-state index < -0.39 is 11.7 Å². The Labute approximate surface area is 167 Å². The van der Waals surface area contributed by atoms with Crippen LogP contribution in [0.2, 0.25) is 5.02 Å². The van der Waals surface area contributed by atoms with Gasteiger partial charge in [0.1, 0.15) is 12.3 Å². The number of nitrogens with zero attached hydrogens (tertiary/aromatic N) is 3. The molecule has 7 nitrogen and oxygen atoms in total. The van der Waals surface area contributed by atoms with Crippen molar-refractivity contribution in [1.82, 2.24) is 14.3 Å². The fourth-order valence-corrected chi connectivity index (χ4v) is 2.87. The quantitative estimate of drug-likeness (QED) is 0.569. The van der Waals surface area contributed by atoms with Gasteiger partial charge in [-0.1, -0.05) is 23.7 Å². The maximum Gasteiger partial charge on any atom is 0.347 e. The van der Waals surface area contributed by atoms with Gasteiger partial charge in [-0.15, -0.1) is 5.10 Å². The van der Waals surface area contributed by atoms with Crippen LogP contribution >= 0.6 is 11.6 Å². The molecule has 0 N–H and O–H groups in total. The molecule has 0 bridgehead atoms. The van der Waals surface area contributed by atoms with Gasteiger partial charge in [0.2, 0.25) is 0 Å². The number of methoxy groups -OCH3 is 1. The Morgan fingerprint density at radius 2 is 1.79 bits per heavy atom. The molecule has 0 spiro atoms. The second-order valence-corrected chi connectivity index (χ2v) is 6.45. The van der Waals surface area contributed by atoms with E-state index in [1.807, 2.05) is 24.3 Å². The third-order valence-electron chi connectivity index (χ3n) is 4.11. The summed E-state index contributed by atoms with van der Waals surface area (Å²) in [6.45, 7) is 2.00. The molecule has 0 amide bonds. The van der Waals surface area contributed by atoms with E-state index in [0.717, 1.165) is 21.6 Å². The van der Waals surface area contributed by atoms with Crippen molar-refractivity contribution in [3.8, 4) is 17.1 Å². The summed E-state index contributed by atoms with van der Waals surface area (Å²) in [4.78, 5) is 24.7. The first-order valence-electron chi connectivity index (χ1n) is 8.74. The number of aromatic nitrogens is 3. The number of hydrogen-bond acceptors (Lipinski definition) is 5. The first-order valence-corrected chi connectivity index (χ1v) is 9.11. The molecule has 0 radical (unpaired) electrons. The van der Waals surface area contributed by atoms with E-state index in [-0.39, 0.29) is 13.2 Å². The van der Waals surface area contributed by atoms with Crippen molar-refractivity contribution in [3.05, 3.63) is 69.6 Å². The molecule has 0 aliphatic heterocycles. The Bertz CT molecular complexity index is 1010. The molecule has 0 saturated heterocycles. The summed E-state index contributed by atoms with van der Waals surface area (Å²) >= 11 is 5.97. The number of ether oxygens (including phenoxy) is 2. The summed E-state index contributed by atoms with van der Waals surface area (Å²) in [7, 11) is 1.59. The number of hydrogen-bond donors (Lipinski definition) is 0. The molecule has 0 unspecified atom stereocenters. The second kappa shape index (κ2) is 8.75. The van der Waals surface area contributed by atoms with Crippen LogP contribution in [0.15, 0.2) is 53.3 Å². The summed E-state index contributed by atoms with van der Waals surface area (Å²) in [6, 6.07) is 14.4. The number of rotatable bonds is 7. The molecule has 0 aliphatic carbocycles. The van der Waals surface area contributed by atoms with Crippen molar-refractivity contribution in [2.75, 3.05) is 13.7 Å². The SMILES string of the molecule is CCOC(=O)Cn1nc(-c2ccc(Cl)cc2)n(Cc2ccc(OC)cc2)c1=O. The van der Waals surface area contributed by atoms with Crippen LogP contribution in [-0.2, 0) is 22.6 Å². The molecular formula is C20H20ClN3O4. The zero-order valence-corrected chi connectivity index (χ0v) is 16.3. The van der Waals surface area contributed by atoms with E-state index in [0.29, 0.717) is 17.4 Å². The van der Waals surface area contributed by atoms with Crippen LogP contribution in [-0.4, -0.2) is 34.0 Å². The highest BCUT2D eigenvalue weighted by molar-refractivity contribution is 6.30. The average molecular weight is 402 g/mol. The summed E-state index contributed by atoms with van der Waals surface area (Å²) in [5.41, 5.74) is 1.22. The van der Waals surface area contributed by atoms with Gasteiger partial charge in [0.15, 0.2) is 5.82 Å². The predicted octanol–water partition coefficient (Wildman–Crippen LogP) is 2.99. The predicted molar refractivity (Wildman–Crippen MR) is 106 cm³/mol. The highest BCUT2D eigenvalue weighted by Crippen LogP contribution is 2.20. The largest absolute Gasteiger partial charge is 0.497 e. The average Bonchev–Trinajstić information content (AvgIpc) is 2.99. The van der Waals surface area contributed by atoms with Crippen molar-refractivity contribution >= 4 is 17.6 Å². The van der Waals surface area contributed by atoms with Crippen molar-refractivity contribution in [2.24, 2.45) is 0 Å². The van der Waals surface area contributed by atoms with Crippen molar-refractivity contribution in [3.63, 3.8) is 0 Å². The lowest BCUT2D eigenvalue weighted by atomic mass is 10.2. The summed E-state index contributed by atoms with van der Waals surface area (Å²) in [5.74, 6) is 0.662. The standard InChI is InChI=1S/C20H20ClN3O4/c1-3-28-18(25)13-24-20(26)23(12-14-4-10-17(27-2)11-5-14)19(22-24)15-6-8-16(21)9-7-15/h4-11H,3,12-13H2,1-2H3. The van der Waals surface area contributed by atoms with E-state index in [9.17, 15) is 9.59 Å². The van der Waals surface area contributed by atoms with E-state index in [2.05, 4.69) is 5.10 Å². The maximum absolute atomic E-state index is 12.9. The second-order valence-electron chi connectivity index (χ2n) is 6.01. The first kappa shape index (κ1) is 19.7. The molecule has 0 atom stereocenters. The minimum Gasteiger partial charge on any atom is -0.497 e. The lowest BCUT2D eigenvalue weighted by Gasteiger charge is -2.07. The number of carbonyl (C=O) groups is 1. The zero-order chi connectivity index (χ0) is 20.1. The van der Waals surface area contributed by atoms with Crippen LogP contribution in [0.25, 0.3) is 11.4 Å². The van der Waals surface area contributed by atoms with E-state index in [1.165, 1.54) is 4.57 Å². The molecule has 3 aromatic rings. The van der Waals surface area contributed by atoms with Gasteiger partial charge < -0.3 is 9.47 Å². The van der Waals surface area contributed by atoms with Gasteiger partial charge in [0.05, 0.1) is 20.3 Å². The lowest BCUT2D eigenvalue weighted by Crippen LogP contribution is -2.29. The molecule has 146 valence electrons. The zero-order valence-electron chi connectivity index (χ0n) is 15.6. The number of halogens is 1. The molecule has 0 aliphatic rings. The fourth-order valence-electron chi connectivity index (χ4n) is 2.74. The van der Waals surface area contributed by atoms with Crippen molar-refractivity contribution < 1.29 is 14.3 Å². The lowest BCUT2D eigenvalue weighted by molar-refractivity contribution is -0.144. The monoisotopic (exact) mass is 401 g/mol. The van der Waals surface area contributed by atoms with Gasteiger partial charge in [0, 0.05) is 10.6 Å². The highest BCUT2D eigenvalue weighted by atomic mass is 35.5. The number of benzene rings is 2. The molecule has 2 aromatic carbocycles.